The second kappa shape index (κ2) is 6.39. The zero-order valence-corrected chi connectivity index (χ0v) is 13.7. The molecule has 1 aliphatic heterocycles. The highest BCUT2D eigenvalue weighted by atomic mass is 16.5. The van der Waals surface area contributed by atoms with E-state index in [2.05, 4.69) is 10.4 Å². The van der Waals surface area contributed by atoms with Gasteiger partial charge in [-0.1, -0.05) is 0 Å². The number of fused-ring (bicyclic) bond motifs is 3. The third kappa shape index (κ3) is 2.75. The highest BCUT2D eigenvalue weighted by Crippen LogP contribution is 2.40. The number of aromatic nitrogens is 1. The predicted octanol–water partition coefficient (Wildman–Crippen LogP) is 3.34. The highest BCUT2D eigenvalue weighted by molar-refractivity contribution is 5.94. The van der Waals surface area contributed by atoms with E-state index in [9.17, 15) is 19.4 Å². The molecule has 0 N–H and O–H groups in total. The van der Waals surface area contributed by atoms with Gasteiger partial charge in [0.15, 0.2) is 11.1 Å². The third-order valence-corrected chi connectivity index (χ3v) is 4.24. The molecule has 0 fully saturated rings. The number of carbonyl (C=O) groups is 1. The molecule has 1 amide bonds. The molecule has 1 aromatic heterocycles. The van der Waals surface area contributed by atoms with Crippen LogP contribution in [0.15, 0.2) is 39.5 Å². The standard InChI is InChI=1S/C17H15N3O5/c1-3-25-16-5-10-4-9(2)20-8-12(17(22)19-24)15(21)7-14(20)11(10)6-13(16)18-23/h5-9H,3-4H2,1-2H3. The van der Waals surface area contributed by atoms with Gasteiger partial charge < -0.3 is 9.30 Å². The molecular weight excluding hydrogens is 326 g/mol. The SMILES string of the molecule is CCOc1cc2c(cc1N=O)-c1cc(=O)c(C(=O)N=O)cn1C(C)C2. The molecule has 0 spiro atoms. The maximum absolute atomic E-state index is 12.2. The van der Waals surface area contributed by atoms with Gasteiger partial charge in [-0.15, -0.1) is 9.81 Å². The van der Waals surface area contributed by atoms with Crippen LogP contribution in [0, 0.1) is 9.81 Å². The van der Waals surface area contributed by atoms with Gasteiger partial charge in [0, 0.05) is 29.0 Å². The van der Waals surface area contributed by atoms with Crippen molar-refractivity contribution in [2.75, 3.05) is 6.61 Å². The van der Waals surface area contributed by atoms with E-state index in [-0.39, 0.29) is 17.3 Å². The molecule has 0 saturated heterocycles. The lowest BCUT2D eigenvalue weighted by atomic mass is 9.92. The van der Waals surface area contributed by atoms with Gasteiger partial charge in [-0.2, -0.15) is 0 Å². The first-order valence-electron chi connectivity index (χ1n) is 7.77. The zero-order valence-electron chi connectivity index (χ0n) is 13.7. The Morgan fingerprint density at radius 3 is 2.72 bits per heavy atom. The second-order valence-corrected chi connectivity index (χ2v) is 5.79. The van der Waals surface area contributed by atoms with E-state index in [0.717, 1.165) is 5.56 Å². The van der Waals surface area contributed by atoms with Crippen molar-refractivity contribution in [1.82, 2.24) is 4.57 Å². The average molecular weight is 341 g/mol. The summed E-state index contributed by atoms with van der Waals surface area (Å²) in [5, 5.41) is 5.32. The summed E-state index contributed by atoms with van der Waals surface area (Å²) >= 11 is 0. The van der Waals surface area contributed by atoms with Crippen LogP contribution in [0.3, 0.4) is 0 Å². The van der Waals surface area contributed by atoms with E-state index in [4.69, 9.17) is 4.74 Å². The summed E-state index contributed by atoms with van der Waals surface area (Å²) in [4.78, 5) is 45.3. The first-order valence-corrected chi connectivity index (χ1v) is 7.77. The number of amides is 1. The topological polar surface area (TPSA) is 107 Å². The molecule has 1 unspecified atom stereocenters. The minimum Gasteiger partial charge on any atom is -0.491 e. The molecular formula is C17H15N3O5. The van der Waals surface area contributed by atoms with Crippen LogP contribution in [-0.4, -0.2) is 17.1 Å². The Bertz CT molecular complexity index is 948. The number of benzene rings is 1. The molecule has 1 aromatic carbocycles. The Morgan fingerprint density at radius 1 is 1.32 bits per heavy atom. The van der Waals surface area contributed by atoms with Crippen LogP contribution in [0.2, 0.25) is 0 Å². The van der Waals surface area contributed by atoms with Crippen molar-refractivity contribution in [2.24, 2.45) is 10.4 Å². The summed E-state index contributed by atoms with van der Waals surface area (Å²) in [5.41, 5.74) is 1.42. The van der Waals surface area contributed by atoms with Crippen molar-refractivity contribution in [3.63, 3.8) is 0 Å². The summed E-state index contributed by atoms with van der Waals surface area (Å²) in [5.74, 6) is -0.698. The maximum atomic E-state index is 12.2. The molecule has 3 rings (SSSR count). The number of nitrogens with zero attached hydrogens (tertiary/aromatic N) is 3. The van der Waals surface area contributed by atoms with Crippen molar-refractivity contribution in [1.29, 1.82) is 0 Å². The summed E-state index contributed by atoms with van der Waals surface area (Å²) in [6.07, 6.45) is 1.95. The first-order chi connectivity index (χ1) is 12.0. The van der Waals surface area contributed by atoms with Crippen molar-refractivity contribution >= 4 is 11.6 Å². The maximum Gasteiger partial charge on any atom is 0.322 e. The summed E-state index contributed by atoms with van der Waals surface area (Å²) in [6, 6.07) is 4.54. The molecule has 25 heavy (non-hydrogen) atoms. The van der Waals surface area contributed by atoms with Gasteiger partial charge in [-0.05, 0) is 43.1 Å². The van der Waals surface area contributed by atoms with E-state index in [1.807, 2.05) is 13.8 Å². The zero-order chi connectivity index (χ0) is 18.1. The number of nitroso groups, excluding NO2 is 2. The number of ether oxygens (including phenoxy) is 1. The molecule has 2 heterocycles. The van der Waals surface area contributed by atoms with Gasteiger partial charge in [0.1, 0.15) is 11.3 Å². The fourth-order valence-electron chi connectivity index (χ4n) is 3.12. The molecule has 8 heteroatoms. The Morgan fingerprint density at radius 2 is 2.08 bits per heavy atom. The van der Waals surface area contributed by atoms with Crippen LogP contribution in [0.4, 0.5) is 5.69 Å². The smallest absolute Gasteiger partial charge is 0.322 e. The minimum absolute atomic E-state index is 0.0641. The number of rotatable bonds is 4. The van der Waals surface area contributed by atoms with Gasteiger partial charge in [0.2, 0.25) is 0 Å². The van der Waals surface area contributed by atoms with Crippen LogP contribution in [0.5, 0.6) is 5.75 Å². The highest BCUT2D eigenvalue weighted by Gasteiger charge is 2.25. The van der Waals surface area contributed by atoms with Crippen molar-refractivity contribution in [3.05, 3.63) is 55.6 Å². The molecule has 0 aliphatic carbocycles. The summed E-state index contributed by atoms with van der Waals surface area (Å²) in [7, 11) is 0. The van der Waals surface area contributed by atoms with Crippen LogP contribution in [0.1, 0.15) is 35.8 Å². The van der Waals surface area contributed by atoms with Gasteiger partial charge in [-0.3, -0.25) is 9.59 Å². The van der Waals surface area contributed by atoms with E-state index in [0.29, 0.717) is 30.0 Å². The number of pyridine rings is 1. The van der Waals surface area contributed by atoms with E-state index >= 15 is 0 Å². The lowest BCUT2D eigenvalue weighted by molar-refractivity contribution is 0.0999. The van der Waals surface area contributed by atoms with Gasteiger partial charge >= 0.3 is 5.91 Å². The van der Waals surface area contributed by atoms with Crippen LogP contribution >= 0.6 is 0 Å². The number of hydrogen-bond acceptors (Lipinski definition) is 6. The fourth-order valence-corrected chi connectivity index (χ4v) is 3.12. The molecule has 0 saturated carbocycles. The quantitative estimate of drug-likeness (QED) is 0.793. The van der Waals surface area contributed by atoms with Gasteiger partial charge in [0.05, 0.1) is 12.3 Å². The number of carbonyl (C=O) groups excluding carboxylic acids is 1. The summed E-state index contributed by atoms with van der Waals surface area (Å²) in [6.45, 7) is 4.13. The molecule has 128 valence electrons. The average Bonchev–Trinajstić information content (AvgIpc) is 2.60. The predicted molar refractivity (Wildman–Crippen MR) is 91.3 cm³/mol. The Kier molecular flexibility index (Phi) is 4.26. The monoisotopic (exact) mass is 341 g/mol. The summed E-state index contributed by atoms with van der Waals surface area (Å²) < 4.78 is 7.19. The minimum atomic E-state index is -1.10. The Balaban J connectivity index is 2.25. The van der Waals surface area contributed by atoms with E-state index < -0.39 is 11.3 Å². The molecule has 1 atom stereocenters. The molecule has 1 aliphatic rings. The molecule has 0 bridgehead atoms. The lowest BCUT2D eigenvalue weighted by Gasteiger charge is -2.29. The third-order valence-electron chi connectivity index (χ3n) is 4.24. The molecule has 2 aromatic rings. The van der Waals surface area contributed by atoms with Crippen LogP contribution < -0.4 is 10.2 Å². The van der Waals surface area contributed by atoms with Crippen molar-refractivity contribution in [2.45, 2.75) is 26.3 Å². The lowest BCUT2D eigenvalue weighted by Crippen LogP contribution is -2.23. The number of hydrogen-bond donors (Lipinski definition) is 0. The van der Waals surface area contributed by atoms with Gasteiger partial charge in [0.25, 0.3) is 0 Å². The fraction of sp³-hybridized carbons (Fsp3) is 0.294. The van der Waals surface area contributed by atoms with Crippen molar-refractivity contribution < 1.29 is 9.53 Å². The van der Waals surface area contributed by atoms with Crippen LogP contribution in [0.25, 0.3) is 11.3 Å². The molecule has 0 radical (unpaired) electrons. The normalized spacial score (nSPS) is 15.0. The Labute approximate surface area is 142 Å². The Hall–Kier alpha value is -3.16. The second-order valence-electron chi connectivity index (χ2n) is 5.79. The van der Waals surface area contributed by atoms with E-state index in [1.54, 1.807) is 16.7 Å². The van der Waals surface area contributed by atoms with E-state index in [1.165, 1.54) is 12.3 Å². The van der Waals surface area contributed by atoms with Gasteiger partial charge in [-0.25, -0.2) is 0 Å². The largest absolute Gasteiger partial charge is 0.491 e. The van der Waals surface area contributed by atoms with Crippen LogP contribution in [-0.2, 0) is 6.42 Å². The first kappa shape index (κ1) is 16.7. The molecule has 8 nitrogen and oxygen atoms in total. The van der Waals surface area contributed by atoms with Crippen molar-refractivity contribution in [3.8, 4) is 17.0 Å².